The minimum absolute atomic E-state index is 0.00722. The lowest BCUT2D eigenvalue weighted by molar-refractivity contribution is -0.122. The molecule has 1 saturated heterocycles. The molecule has 0 bridgehead atoms. The lowest BCUT2D eigenvalue weighted by Gasteiger charge is -2.29. The molecule has 11 heteroatoms. The van der Waals surface area contributed by atoms with Crippen molar-refractivity contribution in [3.8, 4) is 11.5 Å². The van der Waals surface area contributed by atoms with Crippen LogP contribution in [-0.2, 0) is 16.2 Å². The summed E-state index contributed by atoms with van der Waals surface area (Å²) in [6.07, 6.45) is 1.45. The zero-order chi connectivity index (χ0) is 25.8. The lowest BCUT2D eigenvalue weighted by Crippen LogP contribution is -2.54. The number of aromatic carboxylic acids is 1. The average Bonchev–Trinajstić information content (AvgIpc) is 3.32. The van der Waals surface area contributed by atoms with E-state index in [9.17, 15) is 14.4 Å². The third-order valence-corrected chi connectivity index (χ3v) is 5.82. The number of anilines is 1. The van der Waals surface area contributed by atoms with Crippen LogP contribution in [0.15, 0.2) is 69.1 Å². The Morgan fingerprint density at radius 3 is 2.53 bits per heavy atom. The Balaban J connectivity index is 1.59. The summed E-state index contributed by atoms with van der Waals surface area (Å²) in [5.74, 6) is -1.44. The number of carboxylic acid groups (broad SMARTS) is 1. The largest absolute Gasteiger partial charge is 0.490 e. The van der Waals surface area contributed by atoms with E-state index in [1.165, 1.54) is 23.1 Å². The van der Waals surface area contributed by atoms with E-state index >= 15 is 0 Å². The Bertz CT molecular complexity index is 1380. The van der Waals surface area contributed by atoms with Crippen LogP contribution in [0.4, 0.5) is 5.69 Å². The smallest absolute Gasteiger partial charge is 0.371 e. The summed E-state index contributed by atoms with van der Waals surface area (Å²) < 4.78 is 17.5. The van der Waals surface area contributed by atoms with Crippen LogP contribution in [0.25, 0.3) is 6.08 Å². The molecule has 9 nitrogen and oxygen atoms in total. The first-order valence-electron chi connectivity index (χ1n) is 10.7. The molecule has 1 fully saturated rings. The normalized spacial score (nSPS) is 14.7. The van der Waals surface area contributed by atoms with Crippen LogP contribution in [0.2, 0.25) is 0 Å². The maximum atomic E-state index is 13.2. The second-order valence-electron chi connectivity index (χ2n) is 7.43. The van der Waals surface area contributed by atoms with E-state index in [1.54, 1.807) is 49.4 Å². The number of nitrogens with one attached hydrogen (secondary N) is 1. The minimum Gasteiger partial charge on any atom is -0.490 e. The molecule has 4 rings (SSSR count). The SMILES string of the molecule is CCOc1cc(C=C2C(=O)NC(=S)N(c3ccc(Br)cc3)C2=O)ccc1OCc1ccc(C(=O)O)o1. The maximum absolute atomic E-state index is 13.2. The Hall–Kier alpha value is -3.96. The van der Waals surface area contributed by atoms with Crippen LogP contribution < -0.4 is 19.7 Å². The summed E-state index contributed by atoms with van der Waals surface area (Å²) in [6, 6.07) is 14.7. The Kier molecular flexibility index (Phi) is 7.51. The third-order valence-electron chi connectivity index (χ3n) is 5.01. The number of nitrogens with zero attached hydrogens (tertiary/aromatic N) is 1. The Labute approximate surface area is 219 Å². The first kappa shape index (κ1) is 25.1. The van der Waals surface area contributed by atoms with Crippen LogP contribution in [-0.4, -0.2) is 34.6 Å². The summed E-state index contributed by atoms with van der Waals surface area (Å²) in [5.41, 5.74) is 0.945. The van der Waals surface area contributed by atoms with Crippen molar-refractivity contribution in [2.45, 2.75) is 13.5 Å². The third kappa shape index (κ3) is 5.47. The highest BCUT2D eigenvalue weighted by molar-refractivity contribution is 9.10. The number of thiocarbonyl (C=S) groups is 1. The van der Waals surface area contributed by atoms with Gasteiger partial charge in [-0.05, 0) is 79.3 Å². The molecule has 2 amide bonds. The summed E-state index contributed by atoms with van der Waals surface area (Å²) in [4.78, 5) is 38.1. The summed E-state index contributed by atoms with van der Waals surface area (Å²) in [6.45, 7) is 2.12. The number of hydrogen-bond acceptors (Lipinski definition) is 7. The average molecular weight is 571 g/mol. The fraction of sp³-hybridized carbons (Fsp3) is 0.120. The molecule has 0 aliphatic carbocycles. The van der Waals surface area contributed by atoms with E-state index in [1.807, 2.05) is 0 Å². The number of amides is 2. The van der Waals surface area contributed by atoms with Gasteiger partial charge in [0, 0.05) is 4.47 Å². The van der Waals surface area contributed by atoms with Gasteiger partial charge in [0.1, 0.15) is 17.9 Å². The molecule has 184 valence electrons. The van der Waals surface area contributed by atoms with Crippen LogP contribution in [0.3, 0.4) is 0 Å². The molecule has 3 aromatic rings. The minimum atomic E-state index is -1.17. The molecule has 2 N–H and O–H groups in total. The summed E-state index contributed by atoms with van der Waals surface area (Å²) in [5, 5.41) is 11.5. The molecule has 0 radical (unpaired) electrons. The van der Waals surface area contributed by atoms with Gasteiger partial charge in [0.05, 0.1) is 12.3 Å². The number of carboxylic acids is 1. The van der Waals surface area contributed by atoms with E-state index in [0.717, 1.165) is 4.47 Å². The predicted octanol–water partition coefficient (Wildman–Crippen LogP) is 4.55. The molecule has 1 aliphatic rings. The molecule has 0 spiro atoms. The van der Waals surface area contributed by atoms with E-state index in [-0.39, 0.29) is 23.1 Å². The number of halogens is 1. The molecular weight excluding hydrogens is 552 g/mol. The number of furan rings is 1. The molecule has 2 heterocycles. The fourth-order valence-electron chi connectivity index (χ4n) is 3.37. The second-order valence-corrected chi connectivity index (χ2v) is 8.74. The molecule has 0 atom stereocenters. The Morgan fingerprint density at radius 1 is 1.11 bits per heavy atom. The van der Waals surface area contributed by atoms with Crippen molar-refractivity contribution in [2.75, 3.05) is 11.5 Å². The van der Waals surface area contributed by atoms with Crippen molar-refractivity contribution < 1.29 is 33.4 Å². The molecule has 1 aliphatic heterocycles. The van der Waals surface area contributed by atoms with Crippen molar-refractivity contribution in [1.82, 2.24) is 5.32 Å². The van der Waals surface area contributed by atoms with Crippen molar-refractivity contribution >= 4 is 62.8 Å². The molecule has 36 heavy (non-hydrogen) atoms. The van der Waals surface area contributed by atoms with Gasteiger partial charge < -0.3 is 19.0 Å². The van der Waals surface area contributed by atoms with Crippen LogP contribution >= 0.6 is 28.1 Å². The van der Waals surface area contributed by atoms with Crippen molar-refractivity contribution in [3.63, 3.8) is 0 Å². The summed E-state index contributed by atoms with van der Waals surface area (Å²) in [7, 11) is 0. The van der Waals surface area contributed by atoms with E-state index in [4.69, 9.17) is 31.2 Å². The molecule has 1 aromatic heterocycles. The monoisotopic (exact) mass is 570 g/mol. The van der Waals surface area contributed by atoms with Gasteiger partial charge in [-0.15, -0.1) is 0 Å². The van der Waals surface area contributed by atoms with Gasteiger partial charge in [-0.3, -0.25) is 19.8 Å². The van der Waals surface area contributed by atoms with E-state index < -0.39 is 17.8 Å². The van der Waals surface area contributed by atoms with Crippen LogP contribution in [0.1, 0.15) is 28.8 Å². The number of rotatable bonds is 8. The fourth-order valence-corrected chi connectivity index (χ4v) is 3.92. The van der Waals surface area contributed by atoms with Crippen LogP contribution in [0.5, 0.6) is 11.5 Å². The zero-order valence-corrected chi connectivity index (χ0v) is 21.2. The molecule has 0 saturated carbocycles. The number of carbonyl (C=O) groups is 3. The van der Waals surface area contributed by atoms with Crippen molar-refractivity contribution in [1.29, 1.82) is 0 Å². The van der Waals surface area contributed by atoms with Crippen molar-refractivity contribution in [2.24, 2.45) is 0 Å². The maximum Gasteiger partial charge on any atom is 0.371 e. The van der Waals surface area contributed by atoms with E-state index in [0.29, 0.717) is 35.1 Å². The molecule has 2 aromatic carbocycles. The highest BCUT2D eigenvalue weighted by atomic mass is 79.9. The van der Waals surface area contributed by atoms with Gasteiger partial charge in [0.15, 0.2) is 16.6 Å². The first-order valence-corrected chi connectivity index (χ1v) is 11.9. The van der Waals surface area contributed by atoms with Crippen molar-refractivity contribution in [3.05, 3.63) is 81.7 Å². The summed E-state index contributed by atoms with van der Waals surface area (Å²) >= 11 is 8.58. The highest BCUT2D eigenvalue weighted by Crippen LogP contribution is 2.31. The number of ether oxygens (including phenoxy) is 2. The van der Waals surface area contributed by atoms with Gasteiger partial charge in [-0.2, -0.15) is 0 Å². The number of hydrogen-bond donors (Lipinski definition) is 2. The first-order chi connectivity index (χ1) is 17.3. The highest BCUT2D eigenvalue weighted by Gasteiger charge is 2.34. The zero-order valence-electron chi connectivity index (χ0n) is 18.8. The standard InChI is InChI=1S/C25H19BrN2O7S/c1-2-33-21-12-14(3-9-19(21)34-13-17-8-10-20(35-17)24(31)32)11-18-22(29)27-25(36)28(23(18)30)16-6-4-15(26)5-7-16/h3-12H,2,13H2,1H3,(H,31,32)(H,27,29,36). The van der Waals surface area contributed by atoms with E-state index in [2.05, 4.69) is 21.2 Å². The quantitative estimate of drug-likeness (QED) is 0.230. The van der Waals surface area contributed by atoms with Crippen LogP contribution in [0, 0.1) is 0 Å². The predicted molar refractivity (Wildman–Crippen MR) is 138 cm³/mol. The lowest BCUT2D eigenvalue weighted by atomic mass is 10.1. The van der Waals surface area contributed by atoms with Gasteiger partial charge in [0.25, 0.3) is 11.8 Å². The topological polar surface area (TPSA) is 118 Å². The van der Waals surface area contributed by atoms with Gasteiger partial charge in [0.2, 0.25) is 5.76 Å². The van der Waals surface area contributed by atoms with Gasteiger partial charge in [-0.1, -0.05) is 22.0 Å². The van der Waals surface area contributed by atoms with Gasteiger partial charge >= 0.3 is 5.97 Å². The van der Waals surface area contributed by atoms with Gasteiger partial charge in [-0.25, -0.2) is 4.79 Å². The molecular formula is C25H19BrN2O7S. The second kappa shape index (κ2) is 10.8. The Morgan fingerprint density at radius 2 is 1.86 bits per heavy atom. The number of benzene rings is 2. The number of carbonyl (C=O) groups excluding carboxylic acids is 2. The molecule has 0 unspecified atom stereocenters.